The molecule has 0 aliphatic rings. The minimum absolute atomic E-state index is 1.21. The van der Waals surface area contributed by atoms with Gasteiger partial charge >= 0.3 is 0 Å². The SMILES string of the molecule is CC/C(I)=C(\CC)CCI. The Bertz CT molecular complexity index is 116. The van der Waals surface area contributed by atoms with E-state index in [-0.39, 0.29) is 0 Å². The van der Waals surface area contributed by atoms with Crippen LogP contribution < -0.4 is 0 Å². The Morgan fingerprint density at radius 2 is 1.80 bits per heavy atom. The molecule has 2 heteroatoms. The predicted octanol–water partition coefficient (Wildman–Crippen LogP) is 4.32. The number of allylic oxidation sites excluding steroid dienone is 2. The normalized spacial score (nSPS) is 13.2. The van der Waals surface area contributed by atoms with Crippen LogP contribution in [0.5, 0.6) is 0 Å². The Morgan fingerprint density at radius 3 is 2.10 bits per heavy atom. The maximum absolute atomic E-state index is 2.47. The Balaban J connectivity index is 4.00. The zero-order chi connectivity index (χ0) is 7.98. The Kier molecular flexibility index (Phi) is 7.71. The van der Waals surface area contributed by atoms with Gasteiger partial charge in [0.15, 0.2) is 0 Å². The molecular weight excluding hydrogens is 350 g/mol. The van der Waals surface area contributed by atoms with Gasteiger partial charge in [-0.05, 0) is 45.4 Å². The standard InChI is InChI=1S/C8H14I2/c1-3-7(5-6-9)8(10)4-2/h3-6H2,1-2H3/b8-7-. The van der Waals surface area contributed by atoms with E-state index in [0.717, 1.165) is 0 Å². The fourth-order valence-corrected chi connectivity index (χ4v) is 2.17. The summed E-state index contributed by atoms with van der Waals surface area (Å²) < 4.78 is 2.82. The van der Waals surface area contributed by atoms with Crippen molar-refractivity contribution in [2.24, 2.45) is 0 Å². The van der Waals surface area contributed by atoms with Crippen LogP contribution in [-0.4, -0.2) is 4.43 Å². The van der Waals surface area contributed by atoms with Crippen molar-refractivity contribution in [3.8, 4) is 0 Å². The molecule has 0 N–H and O–H groups in total. The summed E-state index contributed by atoms with van der Waals surface area (Å²) in [5, 5.41) is 0. The zero-order valence-electron chi connectivity index (χ0n) is 6.58. The Labute approximate surface area is 91.1 Å². The van der Waals surface area contributed by atoms with Gasteiger partial charge in [-0.2, -0.15) is 0 Å². The van der Waals surface area contributed by atoms with Gasteiger partial charge in [0.2, 0.25) is 0 Å². The molecule has 0 aliphatic carbocycles. The molecule has 60 valence electrons. The maximum Gasteiger partial charge on any atom is 0.00329 e. The third-order valence-electron chi connectivity index (χ3n) is 1.52. The fourth-order valence-electron chi connectivity index (χ4n) is 0.868. The van der Waals surface area contributed by atoms with E-state index < -0.39 is 0 Å². The summed E-state index contributed by atoms with van der Waals surface area (Å²) in [5.74, 6) is 0. The van der Waals surface area contributed by atoms with Crippen LogP contribution in [-0.2, 0) is 0 Å². The van der Waals surface area contributed by atoms with E-state index >= 15 is 0 Å². The molecular formula is C8H14I2. The average molecular weight is 364 g/mol. The molecule has 0 nitrogen and oxygen atoms in total. The van der Waals surface area contributed by atoms with Crippen molar-refractivity contribution in [3.05, 3.63) is 9.15 Å². The van der Waals surface area contributed by atoms with Crippen molar-refractivity contribution >= 4 is 45.2 Å². The zero-order valence-corrected chi connectivity index (χ0v) is 10.9. The van der Waals surface area contributed by atoms with Crippen molar-refractivity contribution in [3.63, 3.8) is 0 Å². The van der Waals surface area contributed by atoms with Crippen LogP contribution in [0.15, 0.2) is 9.15 Å². The van der Waals surface area contributed by atoms with Crippen LogP contribution in [0.2, 0.25) is 0 Å². The van der Waals surface area contributed by atoms with Crippen LogP contribution in [0.25, 0.3) is 0 Å². The Hall–Kier alpha value is 1.20. The van der Waals surface area contributed by atoms with Gasteiger partial charge in [0.1, 0.15) is 0 Å². The van der Waals surface area contributed by atoms with Gasteiger partial charge in [-0.3, -0.25) is 0 Å². The van der Waals surface area contributed by atoms with Crippen LogP contribution in [0, 0.1) is 0 Å². The van der Waals surface area contributed by atoms with Crippen molar-refractivity contribution in [1.82, 2.24) is 0 Å². The molecule has 10 heavy (non-hydrogen) atoms. The summed E-state index contributed by atoms with van der Waals surface area (Å²) in [6.45, 7) is 4.47. The molecule has 0 rings (SSSR count). The molecule has 0 bridgehead atoms. The van der Waals surface area contributed by atoms with Gasteiger partial charge in [-0.25, -0.2) is 0 Å². The second-order valence-electron chi connectivity index (χ2n) is 2.15. The van der Waals surface area contributed by atoms with E-state index in [9.17, 15) is 0 Å². The molecule has 0 atom stereocenters. The largest absolute Gasteiger partial charge is 0.0860 e. The second-order valence-corrected chi connectivity index (χ2v) is 4.54. The summed E-state index contributed by atoms with van der Waals surface area (Å²) in [6, 6.07) is 0. The van der Waals surface area contributed by atoms with Gasteiger partial charge in [0.25, 0.3) is 0 Å². The molecule has 0 fully saturated rings. The lowest BCUT2D eigenvalue weighted by molar-refractivity contribution is 0.966. The highest BCUT2D eigenvalue weighted by Gasteiger charge is 1.98. The van der Waals surface area contributed by atoms with E-state index in [1.807, 2.05) is 0 Å². The third kappa shape index (κ3) is 4.16. The minimum Gasteiger partial charge on any atom is -0.0860 e. The second kappa shape index (κ2) is 6.88. The molecule has 0 aromatic carbocycles. The van der Waals surface area contributed by atoms with E-state index in [1.165, 1.54) is 23.7 Å². The summed E-state index contributed by atoms with van der Waals surface area (Å²) in [5.41, 5.74) is 1.65. The average Bonchev–Trinajstić information content (AvgIpc) is 1.99. The number of rotatable bonds is 4. The monoisotopic (exact) mass is 364 g/mol. The summed E-state index contributed by atoms with van der Waals surface area (Å²) >= 11 is 4.91. The molecule has 0 radical (unpaired) electrons. The molecule has 0 amide bonds. The molecule has 0 heterocycles. The third-order valence-corrected chi connectivity index (χ3v) is 3.58. The molecule has 0 unspecified atom stereocenters. The lowest BCUT2D eigenvalue weighted by Gasteiger charge is -2.04. The summed E-state index contributed by atoms with van der Waals surface area (Å²) in [6.07, 6.45) is 3.72. The summed E-state index contributed by atoms with van der Waals surface area (Å²) in [7, 11) is 0. The first-order chi connectivity index (χ1) is 4.76. The topological polar surface area (TPSA) is 0 Å². The van der Waals surface area contributed by atoms with Gasteiger partial charge in [-0.1, -0.05) is 42.0 Å². The number of alkyl halides is 1. The van der Waals surface area contributed by atoms with E-state index in [2.05, 4.69) is 59.0 Å². The smallest absolute Gasteiger partial charge is 0.00329 e. The van der Waals surface area contributed by atoms with Gasteiger partial charge in [0, 0.05) is 4.43 Å². The van der Waals surface area contributed by atoms with Crippen LogP contribution in [0.1, 0.15) is 33.1 Å². The van der Waals surface area contributed by atoms with Crippen LogP contribution in [0.3, 0.4) is 0 Å². The van der Waals surface area contributed by atoms with Crippen molar-refractivity contribution in [1.29, 1.82) is 0 Å². The quantitative estimate of drug-likeness (QED) is 0.515. The maximum atomic E-state index is 2.47. The van der Waals surface area contributed by atoms with E-state index in [0.29, 0.717) is 0 Å². The van der Waals surface area contributed by atoms with Gasteiger partial charge < -0.3 is 0 Å². The molecule has 0 aromatic rings. The number of hydrogen-bond donors (Lipinski definition) is 0. The van der Waals surface area contributed by atoms with Gasteiger partial charge in [0.05, 0.1) is 0 Å². The molecule has 0 saturated heterocycles. The lowest BCUT2D eigenvalue weighted by Crippen LogP contribution is -1.85. The molecule has 0 spiro atoms. The molecule has 0 saturated carbocycles. The Morgan fingerprint density at radius 1 is 1.20 bits per heavy atom. The first-order valence-corrected chi connectivity index (χ1v) is 6.29. The van der Waals surface area contributed by atoms with Crippen molar-refractivity contribution in [2.75, 3.05) is 4.43 Å². The molecule has 0 aromatic heterocycles. The lowest BCUT2D eigenvalue weighted by atomic mass is 10.1. The van der Waals surface area contributed by atoms with Gasteiger partial charge in [-0.15, -0.1) is 0 Å². The first kappa shape index (κ1) is 11.2. The van der Waals surface area contributed by atoms with Crippen molar-refractivity contribution in [2.45, 2.75) is 33.1 Å². The number of halogens is 2. The minimum atomic E-state index is 1.21. The van der Waals surface area contributed by atoms with E-state index in [1.54, 1.807) is 9.15 Å². The van der Waals surface area contributed by atoms with Crippen LogP contribution in [0.4, 0.5) is 0 Å². The van der Waals surface area contributed by atoms with Crippen LogP contribution >= 0.6 is 45.2 Å². The van der Waals surface area contributed by atoms with Crippen molar-refractivity contribution < 1.29 is 0 Å². The fraction of sp³-hybridized carbons (Fsp3) is 0.750. The molecule has 0 aliphatic heterocycles. The summed E-state index contributed by atoms with van der Waals surface area (Å²) in [4.78, 5) is 0. The van der Waals surface area contributed by atoms with E-state index in [4.69, 9.17) is 0 Å². The first-order valence-electron chi connectivity index (χ1n) is 3.68. The number of hydrogen-bond acceptors (Lipinski definition) is 0. The highest BCUT2D eigenvalue weighted by molar-refractivity contribution is 14.1. The predicted molar refractivity (Wildman–Crippen MR) is 65.1 cm³/mol. The highest BCUT2D eigenvalue weighted by Crippen LogP contribution is 2.22. The highest BCUT2D eigenvalue weighted by atomic mass is 127.